The van der Waals surface area contributed by atoms with E-state index in [2.05, 4.69) is 17.0 Å². The van der Waals surface area contributed by atoms with Crippen molar-refractivity contribution in [2.45, 2.75) is 43.5 Å². The number of hydrogen-bond donors (Lipinski definition) is 2. The number of carbonyl (C=O) groups excluding carboxylic acids is 1. The van der Waals surface area contributed by atoms with Crippen molar-refractivity contribution < 1.29 is 17.9 Å². The summed E-state index contributed by atoms with van der Waals surface area (Å²) >= 11 is 0. The Morgan fingerprint density at radius 1 is 1.18 bits per heavy atom. The number of urea groups is 1. The predicted molar refractivity (Wildman–Crippen MR) is 83.3 cm³/mol. The van der Waals surface area contributed by atoms with Gasteiger partial charge in [-0.3, -0.25) is 0 Å². The van der Waals surface area contributed by atoms with Crippen LogP contribution in [0.3, 0.4) is 0 Å². The Bertz CT molecular complexity index is 613. The molecule has 2 N–H and O–H groups in total. The lowest BCUT2D eigenvalue weighted by Crippen LogP contribution is -2.47. The van der Waals surface area contributed by atoms with E-state index in [1.165, 1.54) is 31.4 Å². The van der Waals surface area contributed by atoms with Crippen LogP contribution in [0.4, 0.5) is 4.79 Å². The van der Waals surface area contributed by atoms with Gasteiger partial charge in [-0.25, -0.2) is 17.9 Å². The molecule has 0 saturated heterocycles. The highest BCUT2D eigenvalue weighted by atomic mass is 32.2. The maximum absolute atomic E-state index is 12.2. The molecule has 1 aromatic carbocycles. The quantitative estimate of drug-likeness (QED) is 0.889. The van der Waals surface area contributed by atoms with Crippen molar-refractivity contribution in [1.82, 2.24) is 10.0 Å². The minimum atomic E-state index is -3.87. The first kappa shape index (κ1) is 16.6. The number of sulfonamides is 1. The highest BCUT2D eigenvalue weighted by Crippen LogP contribution is 2.23. The van der Waals surface area contributed by atoms with Crippen molar-refractivity contribution in [3.05, 3.63) is 24.3 Å². The van der Waals surface area contributed by atoms with Gasteiger partial charge in [0.25, 0.3) is 10.0 Å². The molecule has 2 amide bonds. The Labute approximate surface area is 131 Å². The second-order valence-corrected chi connectivity index (χ2v) is 7.31. The van der Waals surface area contributed by atoms with E-state index >= 15 is 0 Å². The summed E-state index contributed by atoms with van der Waals surface area (Å²) in [5, 5.41) is 2.76. The minimum absolute atomic E-state index is 0.0276. The van der Waals surface area contributed by atoms with Gasteiger partial charge < -0.3 is 10.1 Å². The number of nitrogens with one attached hydrogen (secondary N) is 2. The van der Waals surface area contributed by atoms with Gasteiger partial charge in [-0.2, -0.15) is 0 Å². The Balaban J connectivity index is 1.99. The molecule has 0 radical (unpaired) electrons. The summed E-state index contributed by atoms with van der Waals surface area (Å²) in [6.07, 6.45) is 4.15. The number of amides is 2. The average molecular weight is 326 g/mol. The molecular weight excluding hydrogens is 304 g/mol. The second-order valence-electron chi connectivity index (χ2n) is 5.62. The minimum Gasteiger partial charge on any atom is -0.497 e. The summed E-state index contributed by atoms with van der Waals surface area (Å²) < 4.78 is 31.3. The molecule has 1 aliphatic rings. The van der Waals surface area contributed by atoms with E-state index in [1.54, 1.807) is 0 Å². The molecule has 1 aromatic rings. The summed E-state index contributed by atoms with van der Waals surface area (Å²) in [5.41, 5.74) is 0. The maximum Gasteiger partial charge on any atom is 0.328 e. The van der Waals surface area contributed by atoms with Gasteiger partial charge in [0.1, 0.15) is 5.75 Å². The first-order valence-electron chi connectivity index (χ1n) is 7.40. The van der Waals surface area contributed by atoms with Crippen LogP contribution in [0.2, 0.25) is 0 Å². The highest BCUT2D eigenvalue weighted by molar-refractivity contribution is 7.90. The van der Waals surface area contributed by atoms with E-state index < -0.39 is 16.1 Å². The largest absolute Gasteiger partial charge is 0.497 e. The van der Waals surface area contributed by atoms with E-state index in [-0.39, 0.29) is 10.9 Å². The maximum atomic E-state index is 12.2. The molecule has 122 valence electrons. The van der Waals surface area contributed by atoms with Gasteiger partial charge in [0.15, 0.2) is 0 Å². The fourth-order valence-corrected chi connectivity index (χ4v) is 3.58. The molecule has 0 heterocycles. The van der Waals surface area contributed by atoms with E-state index in [0.29, 0.717) is 11.7 Å². The smallest absolute Gasteiger partial charge is 0.328 e. The zero-order valence-corrected chi connectivity index (χ0v) is 13.7. The molecule has 0 aliphatic heterocycles. The molecule has 22 heavy (non-hydrogen) atoms. The molecule has 1 aliphatic carbocycles. The van der Waals surface area contributed by atoms with Crippen molar-refractivity contribution in [3.8, 4) is 5.75 Å². The first-order valence-corrected chi connectivity index (χ1v) is 8.88. The van der Waals surface area contributed by atoms with Gasteiger partial charge in [-0.05, 0) is 43.0 Å². The van der Waals surface area contributed by atoms with Crippen molar-refractivity contribution >= 4 is 16.1 Å². The molecule has 1 fully saturated rings. The number of rotatable bonds is 4. The van der Waals surface area contributed by atoms with Crippen molar-refractivity contribution in [1.29, 1.82) is 0 Å². The first-order chi connectivity index (χ1) is 10.4. The third-order valence-electron chi connectivity index (χ3n) is 4.02. The molecule has 6 nitrogen and oxygen atoms in total. The number of benzene rings is 1. The molecule has 7 heteroatoms. The van der Waals surface area contributed by atoms with Crippen LogP contribution in [-0.2, 0) is 10.0 Å². The number of hydrogen-bond acceptors (Lipinski definition) is 4. The third kappa shape index (κ3) is 4.13. The Hall–Kier alpha value is -1.76. The third-order valence-corrected chi connectivity index (χ3v) is 5.37. The zero-order chi connectivity index (χ0) is 16.2. The van der Waals surface area contributed by atoms with Crippen LogP contribution in [0.15, 0.2) is 29.2 Å². The summed E-state index contributed by atoms with van der Waals surface area (Å²) in [4.78, 5) is 12.0. The fourth-order valence-electron chi connectivity index (χ4n) is 2.66. The number of carbonyl (C=O) groups is 1. The fraction of sp³-hybridized carbons (Fsp3) is 0.533. The van der Waals surface area contributed by atoms with E-state index in [1.807, 2.05) is 0 Å². The predicted octanol–water partition coefficient (Wildman–Crippen LogP) is 2.26. The number of methoxy groups -OCH3 is 1. The van der Waals surface area contributed by atoms with Crippen LogP contribution in [0.1, 0.15) is 32.6 Å². The Morgan fingerprint density at radius 2 is 1.82 bits per heavy atom. The van der Waals surface area contributed by atoms with Gasteiger partial charge in [-0.1, -0.05) is 19.8 Å². The van der Waals surface area contributed by atoms with Crippen LogP contribution in [0.5, 0.6) is 5.75 Å². The zero-order valence-electron chi connectivity index (χ0n) is 12.8. The van der Waals surface area contributed by atoms with Gasteiger partial charge >= 0.3 is 6.03 Å². The monoisotopic (exact) mass is 326 g/mol. The summed E-state index contributed by atoms with van der Waals surface area (Å²) in [7, 11) is -2.37. The molecule has 0 spiro atoms. The number of ether oxygens (including phenoxy) is 1. The van der Waals surface area contributed by atoms with Gasteiger partial charge in [0, 0.05) is 6.04 Å². The van der Waals surface area contributed by atoms with Crippen LogP contribution >= 0.6 is 0 Å². The van der Waals surface area contributed by atoms with Crippen LogP contribution in [-0.4, -0.2) is 27.6 Å². The average Bonchev–Trinajstić information content (AvgIpc) is 2.49. The molecule has 2 rings (SSSR count). The molecule has 0 aromatic heterocycles. The normalized spacial score (nSPS) is 21.9. The van der Waals surface area contributed by atoms with E-state index in [9.17, 15) is 13.2 Å². The van der Waals surface area contributed by atoms with Crippen LogP contribution < -0.4 is 14.8 Å². The summed E-state index contributed by atoms with van der Waals surface area (Å²) in [6.45, 7) is 2.07. The highest BCUT2D eigenvalue weighted by Gasteiger charge is 2.25. The van der Waals surface area contributed by atoms with Crippen LogP contribution in [0, 0.1) is 5.92 Å². The summed E-state index contributed by atoms with van der Waals surface area (Å²) in [6, 6.07) is 5.23. The SMILES string of the molecule is COc1ccc(S(=O)(=O)NC(=O)NC2CCCCC2C)cc1. The molecule has 1 saturated carbocycles. The lowest BCUT2D eigenvalue weighted by molar-refractivity contribution is 0.226. The van der Waals surface area contributed by atoms with Crippen molar-refractivity contribution in [2.24, 2.45) is 5.92 Å². The van der Waals surface area contributed by atoms with Gasteiger partial charge in [-0.15, -0.1) is 0 Å². The standard InChI is InChI=1S/C15H22N2O4S/c1-11-5-3-4-6-14(11)16-15(18)17-22(19,20)13-9-7-12(21-2)8-10-13/h7-11,14H,3-6H2,1-2H3,(H2,16,17,18). The summed E-state index contributed by atoms with van der Waals surface area (Å²) in [5.74, 6) is 0.919. The van der Waals surface area contributed by atoms with Gasteiger partial charge in [0.2, 0.25) is 0 Å². The molecule has 2 atom stereocenters. The van der Waals surface area contributed by atoms with E-state index in [0.717, 1.165) is 25.7 Å². The van der Waals surface area contributed by atoms with Crippen molar-refractivity contribution in [3.63, 3.8) is 0 Å². The lowest BCUT2D eigenvalue weighted by atomic mass is 9.86. The van der Waals surface area contributed by atoms with E-state index in [4.69, 9.17) is 4.74 Å². The molecule has 2 unspecified atom stereocenters. The Kier molecular flexibility index (Phi) is 5.28. The lowest BCUT2D eigenvalue weighted by Gasteiger charge is -2.29. The topological polar surface area (TPSA) is 84.5 Å². The van der Waals surface area contributed by atoms with Crippen LogP contribution in [0.25, 0.3) is 0 Å². The van der Waals surface area contributed by atoms with Crippen molar-refractivity contribution in [2.75, 3.05) is 7.11 Å². The molecular formula is C15H22N2O4S. The molecule has 0 bridgehead atoms. The van der Waals surface area contributed by atoms with Gasteiger partial charge in [0.05, 0.1) is 12.0 Å². The Morgan fingerprint density at radius 3 is 2.41 bits per heavy atom. The second kappa shape index (κ2) is 7.00.